The number of rotatable bonds is 2. The molecule has 2 aliphatic rings. The highest BCUT2D eigenvalue weighted by molar-refractivity contribution is 5.93. The van der Waals surface area contributed by atoms with Crippen molar-refractivity contribution >= 4 is 11.9 Å². The lowest BCUT2D eigenvalue weighted by Gasteiger charge is -2.30. The van der Waals surface area contributed by atoms with Gasteiger partial charge in [-0.05, 0) is 42.5 Å². The number of nitriles is 1. The molecule has 1 saturated heterocycles. The molecule has 2 N–H and O–H groups in total. The summed E-state index contributed by atoms with van der Waals surface area (Å²) >= 11 is 0. The number of amides is 1. The van der Waals surface area contributed by atoms with Crippen LogP contribution in [-0.2, 0) is 13.0 Å². The highest BCUT2D eigenvalue weighted by Gasteiger charge is 2.23. The zero-order valence-electron chi connectivity index (χ0n) is 15.1. The van der Waals surface area contributed by atoms with Gasteiger partial charge in [-0.1, -0.05) is 6.07 Å². The number of anilines is 1. The van der Waals surface area contributed by atoms with E-state index in [1.165, 1.54) is 11.1 Å². The molecule has 1 amide bonds. The number of aromatic nitrogens is 2. The minimum Gasteiger partial charge on any atom is -0.338 e. The zero-order valence-corrected chi connectivity index (χ0v) is 15.1. The van der Waals surface area contributed by atoms with Crippen LogP contribution in [0.4, 0.5) is 5.95 Å². The SMILES string of the molecule is N#Cc1ccc2c(c1)CCN(c1ncc(C(=O)N3CCC(N)CC3)cn1)C2. The van der Waals surface area contributed by atoms with E-state index in [0.29, 0.717) is 36.7 Å². The monoisotopic (exact) mass is 362 g/mol. The van der Waals surface area contributed by atoms with Crippen molar-refractivity contribution < 1.29 is 4.79 Å². The molecule has 0 spiro atoms. The number of hydrogen-bond donors (Lipinski definition) is 1. The summed E-state index contributed by atoms with van der Waals surface area (Å²) in [6.45, 7) is 2.88. The number of piperidine rings is 1. The maximum atomic E-state index is 12.6. The Balaban J connectivity index is 1.45. The normalized spacial score (nSPS) is 17.3. The molecule has 7 heteroatoms. The molecule has 2 aliphatic heterocycles. The van der Waals surface area contributed by atoms with E-state index in [4.69, 9.17) is 11.0 Å². The summed E-state index contributed by atoms with van der Waals surface area (Å²) in [5.74, 6) is 0.601. The summed E-state index contributed by atoms with van der Waals surface area (Å²) < 4.78 is 0. The van der Waals surface area contributed by atoms with Crippen LogP contribution in [-0.4, -0.2) is 46.5 Å². The quantitative estimate of drug-likeness (QED) is 0.869. The lowest BCUT2D eigenvalue weighted by atomic mass is 9.98. The van der Waals surface area contributed by atoms with Crippen LogP contribution in [0.5, 0.6) is 0 Å². The van der Waals surface area contributed by atoms with E-state index in [2.05, 4.69) is 20.9 Å². The predicted molar refractivity (Wildman–Crippen MR) is 101 cm³/mol. The first kappa shape index (κ1) is 17.4. The van der Waals surface area contributed by atoms with E-state index in [1.807, 2.05) is 23.1 Å². The number of benzene rings is 1. The number of hydrogen-bond acceptors (Lipinski definition) is 6. The number of carbonyl (C=O) groups is 1. The van der Waals surface area contributed by atoms with Gasteiger partial charge in [0.1, 0.15) is 0 Å². The van der Waals surface area contributed by atoms with Gasteiger partial charge in [0, 0.05) is 44.6 Å². The van der Waals surface area contributed by atoms with Gasteiger partial charge in [-0.3, -0.25) is 4.79 Å². The Bertz CT molecular complexity index is 880. The van der Waals surface area contributed by atoms with Crippen LogP contribution in [0, 0.1) is 11.3 Å². The Morgan fingerprint density at radius 2 is 1.89 bits per heavy atom. The Labute approximate surface area is 158 Å². The maximum absolute atomic E-state index is 12.6. The molecule has 1 aromatic heterocycles. The van der Waals surface area contributed by atoms with E-state index in [9.17, 15) is 4.79 Å². The Kier molecular flexibility index (Phi) is 4.73. The topological polar surface area (TPSA) is 99.1 Å². The average Bonchev–Trinajstić information content (AvgIpc) is 2.73. The van der Waals surface area contributed by atoms with E-state index >= 15 is 0 Å². The number of carbonyl (C=O) groups excluding carboxylic acids is 1. The zero-order chi connectivity index (χ0) is 18.8. The molecule has 0 radical (unpaired) electrons. The van der Waals surface area contributed by atoms with E-state index in [1.54, 1.807) is 12.4 Å². The largest absolute Gasteiger partial charge is 0.338 e. The molecule has 7 nitrogen and oxygen atoms in total. The fourth-order valence-corrected chi connectivity index (χ4v) is 3.67. The van der Waals surface area contributed by atoms with Crippen LogP contribution < -0.4 is 10.6 Å². The van der Waals surface area contributed by atoms with E-state index in [0.717, 1.165) is 25.8 Å². The first-order chi connectivity index (χ1) is 13.1. The molecule has 2 aromatic rings. The highest BCUT2D eigenvalue weighted by atomic mass is 16.2. The third kappa shape index (κ3) is 3.62. The van der Waals surface area contributed by atoms with Gasteiger partial charge in [0.05, 0.1) is 17.2 Å². The van der Waals surface area contributed by atoms with Crippen LogP contribution in [0.1, 0.15) is 39.9 Å². The lowest BCUT2D eigenvalue weighted by Crippen LogP contribution is -2.43. The molecule has 138 valence electrons. The third-order valence-corrected chi connectivity index (χ3v) is 5.34. The van der Waals surface area contributed by atoms with Crippen molar-refractivity contribution in [2.75, 3.05) is 24.5 Å². The van der Waals surface area contributed by atoms with Gasteiger partial charge in [0.2, 0.25) is 5.95 Å². The Morgan fingerprint density at radius 1 is 1.15 bits per heavy atom. The minimum atomic E-state index is -0.0264. The second-order valence-electron chi connectivity index (χ2n) is 7.17. The average molecular weight is 362 g/mol. The first-order valence-corrected chi connectivity index (χ1v) is 9.28. The Hall–Kier alpha value is -2.98. The smallest absolute Gasteiger partial charge is 0.256 e. The number of nitrogens with two attached hydrogens (primary N) is 1. The van der Waals surface area contributed by atoms with E-state index in [-0.39, 0.29) is 11.9 Å². The summed E-state index contributed by atoms with van der Waals surface area (Å²) in [4.78, 5) is 25.4. The predicted octanol–water partition coefficient (Wildman–Crippen LogP) is 1.47. The fraction of sp³-hybridized carbons (Fsp3) is 0.400. The van der Waals surface area contributed by atoms with Crippen LogP contribution in [0.25, 0.3) is 0 Å². The lowest BCUT2D eigenvalue weighted by molar-refractivity contribution is 0.0714. The summed E-state index contributed by atoms with van der Waals surface area (Å²) in [6, 6.07) is 8.18. The molecule has 0 atom stereocenters. The van der Waals surface area contributed by atoms with Crippen LogP contribution in [0.3, 0.4) is 0 Å². The standard InChI is InChI=1S/C20H22N6O/c21-10-14-1-2-16-13-26(6-3-15(16)9-14)20-23-11-17(12-24-20)19(27)25-7-4-18(22)5-8-25/h1-2,9,11-12,18H,3-8,13,22H2. The van der Waals surface area contributed by atoms with Gasteiger partial charge in [0.25, 0.3) is 5.91 Å². The molecule has 27 heavy (non-hydrogen) atoms. The van der Waals surface area contributed by atoms with Crippen molar-refractivity contribution in [3.63, 3.8) is 0 Å². The van der Waals surface area contributed by atoms with Crippen molar-refractivity contribution in [3.8, 4) is 6.07 Å². The van der Waals surface area contributed by atoms with Gasteiger partial charge < -0.3 is 15.5 Å². The first-order valence-electron chi connectivity index (χ1n) is 9.28. The maximum Gasteiger partial charge on any atom is 0.256 e. The second-order valence-corrected chi connectivity index (χ2v) is 7.17. The van der Waals surface area contributed by atoms with Crippen molar-refractivity contribution in [2.45, 2.75) is 31.8 Å². The summed E-state index contributed by atoms with van der Waals surface area (Å²) in [6.07, 6.45) is 5.76. The molecule has 0 saturated carbocycles. The Morgan fingerprint density at radius 3 is 2.59 bits per heavy atom. The van der Waals surface area contributed by atoms with Crippen molar-refractivity contribution in [3.05, 3.63) is 52.8 Å². The second kappa shape index (κ2) is 7.33. The molecule has 0 bridgehead atoms. The summed E-state index contributed by atoms with van der Waals surface area (Å²) in [5.41, 5.74) is 9.51. The number of fused-ring (bicyclic) bond motifs is 1. The third-order valence-electron chi connectivity index (χ3n) is 5.34. The molecule has 4 rings (SSSR count). The minimum absolute atomic E-state index is 0.0264. The van der Waals surface area contributed by atoms with Crippen molar-refractivity contribution in [1.82, 2.24) is 14.9 Å². The fourth-order valence-electron chi connectivity index (χ4n) is 3.67. The van der Waals surface area contributed by atoms with Crippen LogP contribution in [0.2, 0.25) is 0 Å². The molecule has 3 heterocycles. The van der Waals surface area contributed by atoms with Gasteiger partial charge >= 0.3 is 0 Å². The number of likely N-dealkylation sites (tertiary alicyclic amines) is 1. The van der Waals surface area contributed by atoms with E-state index < -0.39 is 0 Å². The summed E-state index contributed by atoms with van der Waals surface area (Å²) in [7, 11) is 0. The van der Waals surface area contributed by atoms with Crippen molar-refractivity contribution in [2.24, 2.45) is 5.73 Å². The molecule has 1 fully saturated rings. The summed E-state index contributed by atoms with van der Waals surface area (Å²) in [5, 5.41) is 9.03. The number of nitrogens with zero attached hydrogens (tertiary/aromatic N) is 5. The molecule has 1 aromatic carbocycles. The van der Waals surface area contributed by atoms with Crippen LogP contribution in [0.15, 0.2) is 30.6 Å². The molecular formula is C20H22N6O. The van der Waals surface area contributed by atoms with Crippen molar-refractivity contribution in [1.29, 1.82) is 5.26 Å². The highest BCUT2D eigenvalue weighted by Crippen LogP contribution is 2.23. The molecule has 0 aliphatic carbocycles. The van der Waals surface area contributed by atoms with Gasteiger partial charge in [-0.15, -0.1) is 0 Å². The van der Waals surface area contributed by atoms with Gasteiger partial charge in [-0.2, -0.15) is 5.26 Å². The van der Waals surface area contributed by atoms with Crippen LogP contribution >= 0.6 is 0 Å². The molecule has 0 unspecified atom stereocenters. The molecular weight excluding hydrogens is 340 g/mol. The van der Waals surface area contributed by atoms with Gasteiger partial charge in [0.15, 0.2) is 0 Å². The van der Waals surface area contributed by atoms with Gasteiger partial charge in [-0.25, -0.2) is 9.97 Å².